The standard InChI is InChI=1S/C18H29N3O3/c1-5-19-17(21-13-16(23)24-18(2,3)4)20-12-11-15(22)14-9-7-6-8-10-14/h6-10,15,22H,5,11-13H2,1-4H3,(H2,19,20,21). The van der Waals surface area contributed by atoms with Crippen molar-refractivity contribution in [3.8, 4) is 0 Å². The number of carbonyl (C=O) groups excluding carboxylic acids is 1. The fourth-order valence-electron chi connectivity index (χ4n) is 2.03. The Morgan fingerprint density at radius 3 is 2.50 bits per heavy atom. The van der Waals surface area contributed by atoms with Crippen LogP contribution in [0.5, 0.6) is 0 Å². The van der Waals surface area contributed by atoms with Gasteiger partial charge in [-0.1, -0.05) is 30.3 Å². The molecule has 1 aromatic carbocycles. The highest BCUT2D eigenvalue weighted by Crippen LogP contribution is 2.14. The van der Waals surface area contributed by atoms with Gasteiger partial charge in [0.05, 0.1) is 6.10 Å². The second kappa shape index (κ2) is 9.93. The third-order valence-electron chi connectivity index (χ3n) is 3.03. The summed E-state index contributed by atoms with van der Waals surface area (Å²) < 4.78 is 5.23. The fraction of sp³-hybridized carbons (Fsp3) is 0.556. The Balaban J connectivity index is 2.45. The van der Waals surface area contributed by atoms with Crippen molar-refractivity contribution in [1.82, 2.24) is 10.6 Å². The van der Waals surface area contributed by atoms with E-state index in [0.717, 1.165) is 5.56 Å². The first-order chi connectivity index (χ1) is 11.3. The first-order valence-electron chi connectivity index (χ1n) is 8.29. The summed E-state index contributed by atoms with van der Waals surface area (Å²) in [5, 5.41) is 16.3. The van der Waals surface area contributed by atoms with Crippen molar-refractivity contribution in [2.24, 2.45) is 4.99 Å². The molecule has 1 unspecified atom stereocenters. The minimum atomic E-state index is -0.535. The van der Waals surface area contributed by atoms with Gasteiger partial charge in [0.25, 0.3) is 0 Å². The Bertz CT molecular complexity index is 524. The van der Waals surface area contributed by atoms with Gasteiger partial charge in [-0.05, 0) is 39.7 Å². The summed E-state index contributed by atoms with van der Waals surface area (Å²) in [7, 11) is 0. The maximum atomic E-state index is 11.7. The zero-order valence-corrected chi connectivity index (χ0v) is 15.0. The van der Waals surface area contributed by atoms with Gasteiger partial charge in [-0.2, -0.15) is 0 Å². The predicted molar refractivity (Wildman–Crippen MR) is 95.8 cm³/mol. The highest BCUT2D eigenvalue weighted by molar-refractivity contribution is 5.83. The lowest BCUT2D eigenvalue weighted by Crippen LogP contribution is -2.39. The summed E-state index contributed by atoms with van der Waals surface area (Å²) in [4.78, 5) is 15.9. The number of aliphatic hydroxyl groups excluding tert-OH is 1. The number of carbonyl (C=O) groups is 1. The molecule has 0 aromatic heterocycles. The lowest BCUT2D eigenvalue weighted by Gasteiger charge is -2.19. The molecule has 3 N–H and O–H groups in total. The molecule has 6 nitrogen and oxygen atoms in total. The van der Waals surface area contributed by atoms with Crippen LogP contribution in [-0.2, 0) is 9.53 Å². The van der Waals surface area contributed by atoms with Crippen LogP contribution in [0.1, 0.15) is 45.8 Å². The number of guanidine groups is 1. The van der Waals surface area contributed by atoms with Crippen molar-refractivity contribution in [2.45, 2.75) is 45.8 Å². The summed E-state index contributed by atoms with van der Waals surface area (Å²) in [5.41, 5.74) is 0.369. The van der Waals surface area contributed by atoms with Gasteiger partial charge >= 0.3 is 5.97 Å². The number of esters is 1. The maximum absolute atomic E-state index is 11.7. The van der Waals surface area contributed by atoms with Crippen LogP contribution in [0.3, 0.4) is 0 Å². The summed E-state index contributed by atoms with van der Waals surface area (Å²) in [6.07, 6.45) is 0.00774. The third-order valence-corrected chi connectivity index (χ3v) is 3.03. The molecule has 0 radical (unpaired) electrons. The molecule has 24 heavy (non-hydrogen) atoms. The van der Waals surface area contributed by atoms with Crippen LogP contribution in [0.15, 0.2) is 35.3 Å². The number of hydrogen-bond acceptors (Lipinski definition) is 4. The number of hydrogen-bond donors (Lipinski definition) is 3. The van der Waals surface area contributed by atoms with Crippen LogP contribution in [-0.4, -0.2) is 42.3 Å². The maximum Gasteiger partial charge on any atom is 0.328 e. The molecular weight excluding hydrogens is 306 g/mol. The second-order valence-electron chi connectivity index (χ2n) is 6.42. The third kappa shape index (κ3) is 8.53. The largest absolute Gasteiger partial charge is 0.459 e. The Hall–Kier alpha value is -2.08. The van der Waals surface area contributed by atoms with E-state index < -0.39 is 11.7 Å². The normalized spacial score (nSPS) is 13.3. The van der Waals surface area contributed by atoms with Crippen LogP contribution in [0, 0.1) is 0 Å². The van der Waals surface area contributed by atoms with Crippen molar-refractivity contribution < 1.29 is 14.6 Å². The zero-order chi connectivity index (χ0) is 18.0. The van der Waals surface area contributed by atoms with E-state index in [-0.39, 0.29) is 12.5 Å². The van der Waals surface area contributed by atoms with Crippen molar-refractivity contribution in [1.29, 1.82) is 0 Å². The molecule has 0 aliphatic heterocycles. The molecule has 1 atom stereocenters. The molecule has 134 valence electrons. The molecule has 0 spiro atoms. The quantitative estimate of drug-likeness (QED) is 0.403. The van der Waals surface area contributed by atoms with Crippen molar-refractivity contribution in [3.05, 3.63) is 35.9 Å². The monoisotopic (exact) mass is 335 g/mol. The first-order valence-corrected chi connectivity index (χ1v) is 8.29. The molecule has 0 heterocycles. The van der Waals surface area contributed by atoms with E-state index in [1.807, 2.05) is 58.0 Å². The lowest BCUT2D eigenvalue weighted by molar-refractivity contribution is -0.152. The summed E-state index contributed by atoms with van der Waals surface area (Å²) in [6.45, 7) is 8.59. The van der Waals surface area contributed by atoms with E-state index in [4.69, 9.17) is 4.74 Å². The summed E-state index contributed by atoms with van der Waals surface area (Å²) >= 11 is 0. The number of benzene rings is 1. The lowest BCUT2D eigenvalue weighted by atomic mass is 10.1. The van der Waals surface area contributed by atoms with Crippen LogP contribution < -0.4 is 10.6 Å². The molecule has 0 fully saturated rings. The molecule has 0 aliphatic carbocycles. The smallest absolute Gasteiger partial charge is 0.328 e. The Morgan fingerprint density at radius 2 is 1.92 bits per heavy atom. The van der Waals surface area contributed by atoms with Crippen molar-refractivity contribution >= 4 is 11.9 Å². The first kappa shape index (κ1) is 20.0. The number of rotatable bonds is 7. The van der Waals surface area contributed by atoms with Crippen molar-refractivity contribution in [3.63, 3.8) is 0 Å². The Morgan fingerprint density at radius 1 is 1.25 bits per heavy atom. The average Bonchev–Trinajstić information content (AvgIpc) is 2.51. The minimum Gasteiger partial charge on any atom is -0.459 e. The number of nitrogens with one attached hydrogen (secondary N) is 2. The molecule has 0 amide bonds. The topological polar surface area (TPSA) is 83.0 Å². The Kier molecular flexibility index (Phi) is 8.26. The van der Waals surface area contributed by atoms with E-state index in [1.54, 1.807) is 0 Å². The van der Waals surface area contributed by atoms with Crippen LogP contribution in [0.4, 0.5) is 0 Å². The van der Waals surface area contributed by atoms with Gasteiger partial charge in [0.2, 0.25) is 0 Å². The number of nitrogens with zero attached hydrogens (tertiary/aromatic N) is 1. The summed E-state index contributed by atoms with van der Waals surface area (Å²) in [6, 6.07) is 9.51. The number of aliphatic imine (C=N–C) groups is 1. The van der Waals surface area contributed by atoms with E-state index >= 15 is 0 Å². The second-order valence-corrected chi connectivity index (χ2v) is 6.42. The average molecular weight is 335 g/mol. The van der Waals surface area contributed by atoms with Gasteiger partial charge < -0.3 is 20.5 Å². The van der Waals surface area contributed by atoms with Gasteiger partial charge in [0.1, 0.15) is 12.1 Å². The molecule has 1 aromatic rings. The van der Waals surface area contributed by atoms with Gasteiger partial charge in [-0.3, -0.25) is 4.79 Å². The van der Waals surface area contributed by atoms with E-state index in [2.05, 4.69) is 15.6 Å². The van der Waals surface area contributed by atoms with Crippen LogP contribution in [0.25, 0.3) is 0 Å². The SMILES string of the molecule is CCNC(=NCC(=O)OC(C)(C)C)NCCC(O)c1ccccc1. The molecular formula is C18H29N3O3. The van der Waals surface area contributed by atoms with Gasteiger partial charge in [0.15, 0.2) is 5.96 Å². The van der Waals surface area contributed by atoms with Gasteiger partial charge in [-0.25, -0.2) is 4.99 Å². The Labute approximate surface area is 144 Å². The number of aliphatic hydroxyl groups is 1. The fourth-order valence-corrected chi connectivity index (χ4v) is 2.03. The van der Waals surface area contributed by atoms with Crippen molar-refractivity contribution in [2.75, 3.05) is 19.6 Å². The van der Waals surface area contributed by atoms with E-state index in [9.17, 15) is 9.90 Å². The molecule has 6 heteroatoms. The summed E-state index contributed by atoms with van der Waals surface area (Å²) in [5.74, 6) is 0.160. The molecule has 1 rings (SSSR count). The van der Waals surface area contributed by atoms with Crippen LogP contribution >= 0.6 is 0 Å². The minimum absolute atomic E-state index is 0.0478. The molecule has 0 bridgehead atoms. The molecule has 0 saturated heterocycles. The predicted octanol–water partition coefficient (Wildman–Crippen LogP) is 2.01. The number of ether oxygens (including phenoxy) is 1. The van der Waals surface area contributed by atoms with Gasteiger partial charge in [0, 0.05) is 13.1 Å². The van der Waals surface area contributed by atoms with E-state index in [1.165, 1.54) is 0 Å². The van der Waals surface area contributed by atoms with E-state index in [0.29, 0.717) is 25.5 Å². The molecule has 0 saturated carbocycles. The highest BCUT2D eigenvalue weighted by Gasteiger charge is 2.15. The molecule has 0 aliphatic rings. The van der Waals surface area contributed by atoms with Gasteiger partial charge in [-0.15, -0.1) is 0 Å². The van der Waals surface area contributed by atoms with Crippen LogP contribution in [0.2, 0.25) is 0 Å². The zero-order valence-electron chi connectivity index (χ0n) is 15.0. The highest BCUT2D eigenvalue weighted by atomic mass is 16.6.